The first-order valence-corrected chi connectivity index (χ1v) is 8.90. The molecule has 0 aromatic heterocycles. The number of hydrogen-bond donors (Lipinski definition) is 2. The van der Waals surface area contributed by atoms with Crippen LogP contribution in [0.3, 0.4) is 0 Å². The molecule has 1 aliphatic carbocycles. The summed E-state index contributed by atoms with van der Waals surface area (Å²) in [5.41, 5.74) is 5.89. The predicted molar refractivity (Wildman–Crippen MR) is 76.8 cm³/mol. The van der Waals surface area contributed by atoms with Gasteiger partial charge in [-0.3, -0.25) is 0 Å². The summed E-state index contributed by atoms with van der Waals surface area (Å²) in [6.45, 7) is 4.66. The van der Waals surface area contributed by atoms with Gasteiger partial charge in [0.15, 0.2) is 0 Å². The van der Waals surface area contributed by atoms with E-state index in [1.807, 2.05) is 0 Å². The van der Waals surface area contributed by atoms with Crippen LogP contribution in [0.4, 0.5) is 0 Å². The van der Waals surface area contributed by atoms with Gasteiger partial charge in [-0.25, -0.2) is 4.72 Å². The fourth-order valence-corrected chi connectivity index (χ4v) is 4.31. The molecule has 0 amide bonds. The van der Waals surface area contributed by atoms with E-state index in [1.165, 1.54) is 12.8 Å². The largest absolute Gasteiger partial charge is 0.330 e. The molecular weight excluding hydrogens is 262 g/mol. The summed E-state index contributed by atoms with van der Waals surface area (Å²) in [6.07, 6.45) is 6.36. The second-order valence-corrected chi connectivity index (χ2v) is 7.91. The molecule has 0 aromatic rings. The SMILES string of the molecule is CCCC1(CNS(=O)(=O)N2CCC(CN)CC2)CC1. The maximum absolute atomic E-state index is 12.2. The maximum Gasteiger partial charge on any atom is 0.279 e. The highest BCUT2D eigenvalue weighted by Crippen LogP contribution is 2.49. The summed E-state index contributed by atoms with van der Waals surface area (Å²) in [4.78, 5) is 0. The topological polar surface area (TPSA) is 75.4 Å². The Bertz CT molecular complexity index is 385. The third kappa shape index (κ3) is 3.90. The maximum atomic E-state index is 12.2. The molecule has 1 saturated carbocycles. The van der Waals surface area contributed by atoms with Gasteiger partial charge < -0.3 is 5.73 Å². The number of hydrogen-bond acceptors (Lipinski definition) is 3. The molecule has 0 spiro atoms. The molecule has 0 radical (unpaired) electrons. The van der Waals surface area contributed by atoms with E-state index in [0.717, 1.165) is 25.7 Å². The molecule has 6 heteroatoms. The highest BCUT2D eigenvalue weighted by molar-refractivity contribution is 7.87. The van der Waals surface area contributed by atoms with Crippen LogP contribution in [0.25, 0.3) is 0 Å². The Hall–Kier alpha value is -0.170. The van der Waals surface area contributed by atoms with Crippen molar-refractivity contribution >= 4 is 10.2 Å². The summed E-state index contributed by atoms with van der Waals surface area (Å²) in [7, 11) is -3.28. The van der Waals surface area contributed by atoms with Crippen LogP contribution in [0.1, 0.15) is 45.4 Å². The van der Waals surface area contributed by atoms with E-state index < -0.39 is 10.2 Å². The van der Waals surface area contributed by atoms with Gasteiger partial charge in [-0.15, -0.1) is 0 Å². The lowest BCUT2D eigenvalue weighted by Gasteiger charge is -2.31. The van der Waals surface area contributed by atoms with Crippen molar-refractivity contribution in [3.05, 3.63) is 0 Å². The van der Waals surface area contributed by atoms with Gasteiger partial charge in [-0.2, -0.15) is 12.7 Å². The Morgan fingerprint density at radius 2 is 1.95 bits per heavy atom. The zero-order valence-electron chi connectivity index (χ0n) is 11.9. The van der Waals surface area contributed by atoms with Crippen molar-refractivity contribution in [1.29, 1.82) is 0 Å². The minimum atomic E-state index is -3.28. The van der Waals surface area contributed by atoms with E-state index in [9.17, 15) is 8.42 Å². The molecule has 2 aliphatic rings. The standard InChI is InChI=1S/C13H27N3O2S/c1-2-5-13(6-7-13)11-15-19(17,18)16-8-3-12(10-14)4-9-16/h12,15H,2-11,14H2,1H3. The zero-order chi connectivity index (χ0) is 13.9. The monoisotopic (exact) mass is 289 g/mol. The van der Waals surface area contributed by atoms with E-state index in [0.29, 0.717) is 32.1 Å². The fourth-order valence-electron chi connectivity index (χ4n) is 2.94. The first kappa shape index (κ1) is 15.2. The smallest absolute Gasteiger partial charge is 0.279 e. The van der Waals surface area contributed by atoms with Crippen molar-refractivity contribution in [3.63, 3.8) is 0 Å². The summed E-state index contributed by atoms with van der Waals surface area (Å²) >= 11 is 0. The third-order valence-electron chi connectivity index (χ3n) is 4.61. The zero-order valence-corrected chi connectivity index (χ0v) is 12.7. The molecule has 2 fully saturated rings. The van der Waals surface area contributed by atoms with Gasteiger partial charge in [0.05, 0.1) is 0 Å². The quantitative estimate of drug-likeness (QED) is 0.736. The van der Waals surface area contributed by atoms with E-state index in [-0.39, 0.29) is 5.41 Å². The molecule has 0 unspecified atom stereocenters. The molecule has 5 nitrogen and oxygen atoms in total. The molecule has 19 heavy (non-hydrogen) atoms. The molecule has 2 rings (SSSR count). The van der Waals surface area contributed by atoms with Crippen LogP contribution in [0.15, 0.2) is 0 Å². The van der Waals surface area contributed by atoms with Crippen LogP contribution in [0.2, 0.25) is 0 Å². The fraction of sp³-hybridized carbons (Fsp3) is 1.00. The van der Waals surface area contributed by atoms with Crippen LogP contribution in [-0.4, -0.2) is 38.9 Å². The highest BCUT2D eigenvalue weighted by atomic mass is 32.2. The molecular formula is C13H27N3O2S. The number of piperidine rings is 1. The highest BCUT2D eigenvalue weighted by Gasteiger charge is 2.42. The lowest BCUT2D eigenvalue weighted by Crippen LogP contribution is -2.47. The molecule has 3 N–H and O–H groups in total. The summed E-state index contributed by atoms with van der Waals surface area (Å²) < 4.78 is 28.9. The lowest BCUT2D eigenvalue weighted by atomic mass is 9.99. The average Bonchev–Trinajstić information content (AvgIpc) is 3.18. The first-order chi connectivity index (χ1) is 9.01. The van der Waals surface area contributed by atoms with Crippen LogP contribution in [0, 0.1) is 11.3 Å². The molecule has 0 bridgehead atoms. The summed E-state index contributed by atoms with van der Waals surface area (Å²) in [5.74, 6) is 0.487. The lowest BCUT2D eigenvalue weighted by molar-refractivity contribution is 0.274. The van der Waals surface area contributed by atoms with Crippen LogP contribution >= 0.6 is 0 Å². The van der Waals surface area contributed by atoms with Crippen molar-refractivity contribution in [1.82, 2.24) is 9.03 Å². The number of rotatable bonds is 7. The minimum absolute atomic E-state index is 0.261. The van der Waals surface area contributed by atoms with Crippen molar-refractivity contribution in [2.75, 3.05) is 26.2 Å². The minimum Gasteiger partial charge on any atom is -0.330 e. The summed E-state index contributed by atoms with van der Waals surface area (Å²) in [5, 5.41) is 0. The first-order valence-electron chi connectivity index (χ1n) is 7.46. The van der Waals surface area contributed by atoms with Crippen LogP contribution < -0.4 is 10.5 Å². The van der Waals surface area contributed by atoms with Gasteiger partial charge >= 0.3 is 0 Å². The summed E-state index contributed by atoms with van der Waals surface area (Å²) in [6, 6.07) is 0. The number of nitrogens with two attached hydrogens (primary N) is 1. The van der Waals surface area contributed by atoms with Gasteiger partial charge in [0.25, 0.3) is 10.2 Å². The van der Waals surface area contributed by atoms with Gasteiger partial charge in [-0.05, 0) is 50.0 Å². The van der Waals surface area contributed by atoms with Crippen molar-refractivity contribution < 1.29 is 8.42 Å². The van der Waals surface area contributed by atoms with Gasteiger partial charge in [0, 0.05) is 19.6 Å². The van der Waals surface area contributed by atoms with Gasteiger partial charge in [0.1, 0.15) is 0 Å². The van der Waals surface area contributed by atoms with Crippen molar-refractivity contribution in [3.8, 4) is 0 Å². The van der Waals surface area contributed by atoms with E-state index in [4.69, 9.17) is 5.73 Å². The molecule has 112 valence electrons. The van der Waals surface area contributed by atoms with E-state index in [1.54, 1.807) is 4.31 Å². The Balaban J connectivity index is 1.82. The normalized spacial score (nSPS) is 24.5. The van der Waals surface area contributed by atoms with Gasteiger partial charge in [0.2, 0.25) is 0 Å². The Labute approximate surface area is 117 Å². The van der Waals surface area contributed by atoms with Crippen molar-refractivity contribution in [2.24, 2.45) is 17.1 Å². The second kappa shape index (κ2) is 6.08. The molecule has 1 aliphatic heterocycles. The second-order valence-electron chi connectivity index (χ2n) is 6.15. The predicted octanol–water partition coefficient (Wildman–Crippen LogP) is 1.07. The molecule has 0 atom stereocenters. The number of nitrogens with zero attached hydrogens (tertiary/aromatic N) is 1. The molecule has 1 heterocycles. The van der Waals surface area contributed by atoms with Crippen LogP contribution in [-0.2, 0) is 10.2 Å². The van der Waals surface area contributed by atoms with Gasteiger partial charge in [-0.1, -0.05) is 13.3 Å². The van der Waals surface area contributed by atoms with E-state index in [2.05, 4.69) is 11.6 Å². The third-order valence-corrected chi connectivity index (χ3v) is 6.17. The van der Waals surface area contributed by atoms with Crippen molar-refractivity contribution in [2.45, 2.75) is 45.4 Å². The Kier molecular flexibility index (Phi) is 4.87. The Morgan fingerprint density at radius 3 is 2.42 bits per heavy atom. The molecule has 1 saturated heterocycles. The van der Waals surface area contributed by atoms with Crippen LogP contribution in [0.5, 0.6) is 0 Å². The van der Waals surface area contributed by atoms with E-state index >= 15 is 0 Å². The molecule has 0 aromatic carbocycles. The number of nitrogens with one attached hydrogen (secondary N) is 1. The Morgan fingerprint density at radius 1 is 1.32 bits per heavy atom. The average molecular weight is 289 g/mol.